The molecule has 2 fully saturated rings. The van der Waals surface area contributed by atoms with Crippen molar-refractivity contribution in [3.63, 3.8) is 0 Å². The van der Waals surface area contributed by atoms with Crippen LogP contribution in [0.1, 0.15) is 37.5 Å². The van der Waals surface area contributed by atoms with Gasteiger partial charge in [0, 0.05) is 6.04 Å². The van der Waals surface area contributed by atoms with Crippen LogP contribution in [-0.4, -0.2) is 46.2 Å². The number of aromatic nitrogens is 4. The van der Waals surface area contributed by atoms with Crippen LogP contribution in [0.4, 0.5) is 0 Å². The summed E-state index contributed by atoms with van der Waals surface area (Å²) >= 11 is 0. The SMILES string of the molecule is O=S1(=O)CCCC(n2nnnc2CNC2CC2)C1. The van der Waals surface area contributed by atoms with E-state index in [1.54, 1.807) is 4.68 Å². The van der Waals surface area contributed by atoms with Gasteiger partial charge in [-0.05, 0) is 36.1 Å². The first-order valence-corrected chi connectivity index (χ1v) is 8.17. The van der Waals surface area contributed by atoms with Gasteiger partial charge in [-0.2, -0.15) is 0 Å². The number of tetrazole rings is 1. The molecule has 0 aromatic carbocycles. The summed E-state index contributed by atoms with van der Waals surface area (Å²) in [6.45, 7) is 0.619. The predicted octanol–water partition coefficient (Wildman–Crippen LogP) is -0.325. The van der Waals surface area contributed by atoms with E-state index in [4.69, 9.17) is 0 Å². The molecule has 1 aliphatic carbocycles. The molecular formula is C10H17N5O2S. The minimum Gasteiger partial charge on any atom is -0.307 e. The highest BCUT2D eigenvalue weighted by molar-refractivity contribution is 7.91. The lowest BCUT2D eigenvalue weighted by atomic mass is 10.2. The smallest absolute Gasteiger partial charge is 0.165 e. The van der Waals surface area contributed by atoms with Crippen molar-refractivity contribution in [2.75, 3.05) is 11.5 Å². The second-order valence-corrected chi connectivity index (χ2v) is 7.33. The van der Waals surface area contributed by atoms with E-state index in [1.807, 2.05) is 0 Å². The Hall–Kier alpha value is -1.02. The van der Waals surface area contributed by atoms with Gasteiger partial charge in [0.05, 0.1) is 24.1 Å². The lowest BCUT2D eigenvalue weighted by Gasteiger charge is -2.22. The topological polar surface area (TPSA) is 89.8 Å². The second kappa shape index (κ2) is 4.58. The quantitative estimate of drug-likeness (QED) is 0.807. The molecule has 1 saturated heterocycles. The highest BCUT2D eigenvalue weighted by Gasteiger charge is 2.29. The molecule has 8 heteroatoms. The summed E-state index contributed by atoms with van der Waals surface area (Å²) in [5.74, 6) is 1.19. The Labute approximate surface area is 106 Å². The average molecular weight is 271 g/mol. The fourth-order valence-corrected chi connectivity index (χ4v) is 3.99. The van der Waals surface area contributed by atoms with Crippen LogP contribution >= 0.6 is 0 Å². The maximum Gasteiger partial charge on any atom is 0.165 e. The Balaban J connectivity index is 1.72. The van der Waals surface area contributed by atoms with Gasteiger partial charge < -0.3 is 5.32 Å². The monoisotopic (exact) mass is 271 g/mol. The summed E-state index contributed by atoms with van der Waals surface area (Å²) in [6.07, 6.45) is 3.95. The summed E-state index contributed by atoms with van der Waals surface area (Å²) in [7, 11) is -2.93. The van der Waals surface area contributed by atoms with E-state index in [0.29, 0.717) is 24.8 Å². The molecule has 18 heavy (non-hydrogen) atoms. The van der Waals surface area contributed by atoms with Gasteiger partial charge in [0.2, 0.25) is 0 Å². The van der Waals surface area contributed by atoms with Crippen molar-refractivity contribution < 1.29 is 8.42 Å². The molecule has 0 bridgehead atoms. The lowest BCUT2D eigenvalue weighted by molar-refractivity contribution is 0.408. The summed E-state index contributed by atoms with van der Waals surface area (Å²) < 4.78 is 25.0. The van der Waals surface area contributed by atoms with Crippen LogP contribution in [0.15, 0.2) is 0 Å². The van der Waals surface area contributed by atoms with E-state index < -0.39 is 9.84 Å². The Morgan fingerprint density at radius 2 is 2.17 bits per heavy atom. The van der Waals surface area contributed by atoms with Crippen molar-refractivity contribution in [1.82, 2.24) is 25.5 Å². The molecule has 7 nitrogen and oxygen atoms in total. The summed E-state index contributed by atoms with van der Waals surface area (Å²) in [5.41, 5.74) is 0. The number of nitrogens with one attached hydrogen (secondary N) is 1. The first kappa shape index (κ1) is 12.0. The summed E-state index contributed by atoms with van der Waals surface area (Å²) in [6, 6.07) is 0.486. The van der Waals surface area contributed by atoms with Gasteiger partial charge in [0.15, 0.2) is 15.7 Å². The first-order valence-electron chi connectivity index (χ1n) is 6.34. The fraction of sp³-hybridized carbons (Fsp3) is 0.900. The van der Waals surface area contributed by atoms with Crippen molar-refractivity contribution >= 4 is 9.84 Å². The van der Waals surface area contributed by atoms with Gasteiger partial charge in [-0.1, -0.05) is 0 Å². The minimum absolute atomic E-state index is 0.102. The van der Waals surface area contributed by atoms with Gasteiger partial charge in [0.25, 0.3) is 0 Å². The van der Waals surface area contributed by atoms with Crippen molar-refractivity contribution in [3.8, 4) is 0 Å². The Morgan fingerprint density at radius 3 is 2.89 bits per heavy atom. The third kappa shape index (κ3) is 2.69. The highest BCUT2D eigenvalue weighted by Crippen LogP contribution is 2.23. The number of rotatable bonds is 4. The fourth-order valence-electron chi connectivity index (χ4n) is 2.33. The Kier molecular flexibility index (Phi) is 3.06. The van der Waals surface area contributed by atoms with Gasteiger partial charge >= 0.3 is 0 Å². The zero-order valence-corrected chi connectivity index (χ0v) is 10.9. The third-order valence-corrected chi connectivity index (χ3v) is 5.28. The van der Waals surface area contributed by atoms with Gasteiger partial charge in [0.1, 0.15) is 0 Å². The van der Waals surface area contributed by atoms with Crippen LogP contribution in [0.3, 0.4) is 0 Å². The molecule has 1 aliphatic heterocycles. The second-order valence-electron chi connectivity index (χ2n) is 5.11. The maximum absolute atomic E-state index is 11.6. The van der Waals surface area contributed by atoms with Crippen molar-refractivity contribution in [1.29, 1.82) is 0 Å². The molecule has 1 atom stereocenters. The summed E-state index contributed by atoms with van der Waals surface area (Å²) in [4.78, 5) is 0. The van der Waals surface area contributed by atoms with E-state index in [0.717, 1.165) is 12.2 Å². The standard InChI is InChI=1S/C10H17N5O2S/c16-18(17)5-1-2-9(7-18)15-10(12-13-14-15)6-11-8-3-4-8/h8-9,11H,1-7H2. The van der Waals surface area contributed by atoms with Crippen LogP contribution in [0.2, 0.25) is 0 Å². The molecule has 1 unspecified atom stereocenters. The molecule has 1 aromatic rings. The molecule has 2 aliphatic rings. The number of sulfone groups is 1. The van der Waals surface area contributed by atoms with Gasteiger partial charge in [-0.3, -0.25) is 0 Å². The third-order valence-electron chi connectivity index (χ3n) is 3.47. The predicted molar refractivity (Wildman–Crippen MR) is 64.6 cm³/mol. The Morgan fingerprint density at radius 1 is 1.33 bits per heavy atom. The van der Waals surface area contributed by atoms with Crippen LogP contribution < -0.4 is 5.32 Å². The van der Waals surface area contributed by atoms with E-state index >= 15 is 0 Å². The molecule has 1 saturated carbocycles. The normalized spacial score (nSPS) is 27.2. The average Bonchev–Trinajstić information content (AvgIpc) is 3.02. The molecule has 2 heterocycles. The number of nitrogens with zero attached hydrogens (tertiary/aromatic N) is 4. The van der Waals surface area contributed by atoms with Crippen molar-refractivity contribution in [2.45, 2.75) is 44.3 Å². The minimum atomic E-state index is -2.93. The van der Waals surface area contributed by atoms with Crippen molar-refractivity contribution in [3.05, 3.63) is 5.82 Å². The van der Waals surface area contributed by atoms with Crippen LogP contribution in [-0.2, 0) is 16.4 Å². The number of hydrogen-bond donors (Lipinski definition) is 1. The zero-order chi connectivity index (χ0) is 12.6. The molecule has 0 amide bonds. The van der Waals surface area contributed by atoms with Crippen LogP contribution in [0.25, 0.3) is 0 Å². The molecule has 100 valence electrons. The van der Waals surface area contributed by atoms with Gasteiger partial charge in [-0.15, -0.1) is 5.10 Å². The molecule has 0 radical (unpaired) electrons. The van der Waals surface area contributed by atoms with E-state index in [2.05, 4.69) is 20.8 Å². The molecular weight excluding hydrogens is 254 g/mol. The highest BCUT2D eigenvalue weighted by atomic mass is 32.2. The van der Waals surface area contributed by atoms with Crippen LogP contribution in [0.5, 0.6) is 0 Å². The Bertz CT molecular complexity index is 522. The zero-order valence-electron chi connectivity index (χ0n) is 10.1. The van der Waals surface area contributed by atoms with E-state index in [9.17, 15) is 8.42 Å². The lowest BCUT2D eigenvalue weighted by Crippen LogP contribution is -2.30. The molecule has 1 N–H and O–H groups in total. The van der Waals surface area contributed by atoms with Crippen molar-refractivity contribution in [2.24, 2.45) is 0 Å². The van der Waals surface area contributed by atoms with E-state index in [1.165, 1.54) is 12.8 Å². The molecule has 1 aromatic heterocycles. The molecule has 3 rings (SSSR count). The first-order chi connectivity index (χ1) is 8.64. The number of hydrogen-bond acceptors (Lipinski definition) is 6. The van der Waals surface area contributed by atoms with Crippen LogP contribution in [0, 0.1) is 0 Å². The van der Waals surface area contributed by atoms with Gasteiger partial charge in [-0.25, -0.2) is 13.1 Å². The van der Waals surface area contributed by atoms with E-state index in [-0.39, 0.29) is 11.8 Å². The maximum atomic E-state index is 11.6. The summed E-state index contributed by atoms with van der Waals surface area (Å²) in [5, 5.41) is 15.0. The largest absolute Gasteiger partial charge is 0.307 e. The molecule has 0 spiro atoms.